The molecule has 8 atom stereocenters. The molecule has 55 heavy (non-hydrogen) atoms. The van der Waals surface area contributed by atoms with Crippen molar-refractivity contribution in [1.82, 2.24) is 0 Å². The molecule has 5 aromatic rings. The molecule has 2 aliphatic rings. The molecule has 7 rings (SSSR count). The number of rotatable bonds is 0. The summed E-state index contributed by atoms with van der Waals surface area (Å²) in [6, 6.07) is 29.6. The molecule has 0 aliphatic heterocycles. The SMILES string of the molecule is Cc1c2c([c-](C)c1C)C(C)C(C)C(C)C2C.Cc1c2c([c-](C)c1C)C(C)C(C)C(C)C2C.[CH2-]c1ccccc1.[CH2-]c1ccccc1.[CH2-]c1ccccc1.[Ti+2].[Ti+4]. The summed E-state index contributed by atoms with van der Waals surface area (Å²) in [4.78, 5) is 0. The van der Waals surface area contributed by atoms with E-state index < -0.39 is 0 Å². The molecule has 290 valence electrons. The summed E-state index contributed by atoms with van der Waals surface area (Å²) in [6.45, 7) is 44.3. The second-order valence-corrected chi connectivity index (χ2v) is 16.5. The van der Waals surface area contributed by atoms with E-state index in [9.17, 15) is 0 Å². The topological polar surface area (TPSA) is 0 Å². The molecule has 0 nitrogen and oxygen atoms in total. The van der Waals surface area contributed by atoms with Crippen molar-refractivity contribution >= 4 is 0 Å². The number of hydrogen-bond donors (Lipinski definition) is 0. The molecule has 5 aromatic carbocycles. The van der Waals surface area contributed by atoms with E-state index >= 15 is 0 Å². The Kier molecular flexibility index (Phi) is 21.1. The summed E-state index contributed by atoms with van der Waals surface area (Å²) in [7, 11) is 0. The maximum Gasteiger partial charge on any atom is 4.00 e. The first-order chi connectivity index (χ1) is 24.9. The van der Waals surface area contributed by atoms with Gasteiger partial charge in [-0.05, 0) is 35.5 Å². The van der Waals surface area contributed by atoms with Crippen LogP contribution in [0.1, 0.15) is 151 Å². The quantitative estimate of drug-likeness (QED) is 0.108. The molecule has 0 bridgehead atoms. The van der Waals surface area contributed by atoms with Crippen LogP contribution in [0.5, 0.6) is 0 Å². The first kappa shape index (κ1) is 50.4. The molecule has 8 unspecified atom stereocenters. The molecule has 0 saturated carbocycles. The van der Waals surface area contributed by atoms with Gasteiger partial charge in [0.1, 0.15) is 0 Å². The second-order valence-electron chi connectivity index (χ2n) is 16.5. The Bertz CT molecular complexity index is 1580. The number of hydrogen-bond acceptors (Lipinski definition) is 0. The van der Waals surface area contributed by atoms with Crippen molar-refractivity contribution < 1.29 is 43.4 Å². The van der Waals surface area contributed by atoms with E-state index in [4.69, 9.17) is 0 Å². The van der Waals surface area contributed by atoms with Crippen molar-refractivity contribution in [2.24, 2.45) is 23.7 Å². The fourth-order valence-electron chi connectivity index (χ4n) is 8.83. The molecular formula is C53H71Ti2+. The molecule has 2 aliphatic carbocycles. The Hall–Kier alpha value is -2.60. The van der Waals surface area contributed by atoms with Crippen molar-refractivity contribution in [3.8, 4) is 0 Å². The Morgan fingerprint density at radius 2 is 0.618 bits per heavy atom. The number of fused-ring (bicyclic) bond motifs is 2. The van der Waals surface area contributed by atoms with E-state index in [0.717, 1.165) is 64.0 Å². The maximum absolute atomic E-state index is 3.72. The van der Waals surface area contributed by atoms with Crippen LogP contribution >= 0.6 is 0 Å². The monoisotopic (exact) mass is 803 g/mol. The van der Waals surface area contributed by atoms with E-state index in [1.54, 1.807) is 44.5 Å². The Morgan fingerprint density at radius 3 is 0.818 bits per heavy atom. The molecule has 0 spiro atoms. The third-order valence-corrected chi connectivity index (χ3v) is 13.6. The summed E-state index contributed by atoms with van der Waals surface area (Å²) in [5, 5.41) is 0. The van der Waals surface area contributed by atoms with Gasteiger partial charge in [-0.1, -0.05) is 127 Å². The van der Waals surface area contributed by atoms with E-state index in [0.29, 0.717) is 0 Å². The van der Waals surface area contributed by atoms with Gasteiger partial charge in [-0.3, -0.25) is 0 Å². The van der Waals surface area contributed by atoms with Gasteiger partial charge in [-0.2, -0.15) is 129 Å². The van der Waals surface area contributed by atoms with E-state index in [1.165, 1.54) is 11.1 Å². The minimum Gasteiger partial charge on any atom is -0.199 e. The summed E-state index contributed by atoms with van der Waals surface area (Å²) in [6.07, 6.45) is 0. The van der Waals surface area contributed by atoms with Crippen LogP contribution in [0, 0.1) is 86.0 Å². The minimum absolute atomic E-state index is 0. The Labute approximate surface area is 369 Å². The molecule has 0 heterocycles. The van der Waals surface area contributed by atoms with Crippen LogP contribution in [-0.2, 0) is 43.4 Å². The minimum atomic E-state index is 0. The average Bonchev–Trinajstić information content (AvgIpc) is 3.52. The van der Waals surface area contributed by atoms with Crippen LogP contribution in [0.25, 0.3) is 0 Å². The maximum atomic E-state index is 3.72. The van der Waals surface area contributed by atoms with Gasteiger partial charge in [0.2, 0.25) is 0 Å². The third kappa shape index (κ3) is 12.2. The molecule has 0 fully saturated rings. The van der Waals surface area contributed by atoms with Crippen molar-refractivity contribution in [3.05, 3.63) is 184 Å². The van der Waals surface area contributed by atoms with Gasteiger partial charge < -0.3 is 0 Å². The van der Waals surface area contributed by atoms with Crippen LogP contribution < -0.4 is 0 Å². The zero-order valence-corrected chi connectivity index (χ0v) is 40.0. The first-order valence-corrected chi connectivity index (χ1v) is 20.1. The van der Waals surface area contributed by atoms with Gasteiger partial charge in [-0.15, -0.1) is 36.4 Å². The molecule has 0 aromatic heterocycles. The first-order valence-electron chi connectivity index (χ1n) is 20.1. The average molecular weight is 804 g/mol. The predicted octanol–water partition coefficient (Wildman–Crippen LogP) is 15.2. The fourth-order valence-corrected chi connectivity index (χ4v) is 8.83. The van der Waals surface area contributed by atoms with Gasteiger partial charge in [-0.25, -0.2) is 0 Å². The largest absolute Gasteiger partial charge is 4.00 e. The fraction of sp³-hybridized carbons (Fsp3) is 0.415. The van der Waals surface area contributed by atoms with Crippen molar-refractivity contribution in [2.75, 3.05) is 0 Å². The van der Waals surface area contributed by atoms with Crippen LogP contribution in [0.4, 0.5) is 0 Å². The van der Waals surface area contributed by atoms with Gasteiger partial charge in [0.15, 0.2) is 0 Å². The molecule has 0 radical (unpaired) electrons. The standard InChI is InChI=1S/2C16H25.3C7H7.2Ti/c2*1-8-9(2)12(5)16-14(7)10(3)13(6)15(16)11(8)4;3*1-7-5-3-2-4-6-7;;/h2*8-9,11-12H,1-7H3;3*2-6H,1H2;;/q5*-1;+2;+4. The van der Waals surface area contributed by atoms with Crippen molar-refractivity contribution in [1.29, 1.82) is 0 Å². The molecule has 0 amide bonds. The van der Waals surface area contributed by atoms with Crippen LogP contribution in [0.15, 0.2) is 91.0 Å². The summed E-state index contributed by atoms with van der Waals surface area (Å²) >= 11 is 0. The summed E-state index contributed by atoms with van der Waals surface area (Å²) < 4.78 is 0. The van der Waals surface area contributed by atoms with Crippen molar-refractivity contribution in [2.45, 2.75) is 121 Å². The van der Waals surface area contributed by atoms with Crippen LogP contribution in [0.2, 0.25) is 0 Å². The Morgan fingerprint density at radius 1 is 0.400 bits per heavy atom. The van der Waals surface area contributed by atoms with E-state index in [2.05, 4.69) is 118 Å². The van der Waals surface area contributed by atoms with Crippen LogP contribution in [0.3, 0.4) is 0 Å². The molecule has 2 heteroatoms. The normalized spacial score (nSPS) is 23.0. The van der Waals surface area contributed by atoms with Gasteiger partial charge in [0.05, 0.1) is 0 Å². The summed E-state index contributed by atoms with van der Waals surface area (Å²) in [5.74, 6) is 6.15. The smallest absolute Gasteiger partial charge is 0.199 e. The van der Waals surface area contributed by atoms with Gasteiger partial charge in [0, 0.05) is 0 Å². The van der Waals surface area contributed by atoms with Crippen molar-refractivity contribution in [3.63, 3.8) is 0 Å². The zero-order valence-electron chi connectivity index (χ0n) is 36.9. The van der Waals surface area contributed by atoms with E-state index in [-0.39, 0.29) is 43.4 Å². The van der Waals surface area contributed by atoms with E-state index in [1.807, 2.05) is 91.0 Å². The van der Waals surface area contributed by atoms with Crippen LogP contribution in [-0.4, -0.2) is 0 Å². The second kappa shape index (κ2) is 23.0. The predicted molar refractivity (Wildman–Crippen MR) is 236 cm³/mol. The number of benzene rings is 3. The molecule has 0 N–H and O–H groups in total. The van der Waals surface area contributed by atoms with Gasteiger partial charge in [0.25, 0.3) is 0 Å². The molecular weight excluding hydrogens is 732 g/mol. The third-order valence-electron chi connectivity index (χ3n) is 13.6. The Balaban J connectivity index is 0.000000360. The molecule has 0 saturated heterocycles. The van der Waals surface area contributed by atoms with Gasteiger partial charge >= 0.3 is 43.4 Å². The zero-order chi connectivity index (χ0) is 39.7. The summed E-state index contributed by atoms with van der Waals surface area (Å²) in [5.41, 5.74) is 19.2.